The lowest BCUT2D eigenvalue weighted by Gasteiger charge is -2.19. The molecular weight excluding hydrogens is 313 g/mol. The first kappa shape index (κ1) is 14.5. The molecule has 2 aromatic heterocycles. The van der Waals surface area contributed by atoms with E-state index in [-0.39, 0.29) is 11.4 Å². The van der Waals surface area contributed by atoms with Gasteiger partial charge in [-0.1, -0.05) is 18.2 Å². The van der Waals surface area contributed by atoms with Gasteiger partial charge in [-0.2, -0.15) is 0 Å². The Hall–Kier alpha value is -2.05. The second-order valence-corrected chi connectivity index (χ2v) is 6.65. The molecule has 3 heterocycles. The summed E-state index contributed by atoms with van der Waals surface area (Å²) in [7, 11) is 0. The van der Waals surface area contributed by atoms with Crippen molar-refractivity contribution in [2.75, 3.05) is 13.1 Å². The topological polar surface area (TPSA) is 38.1 Å². The maximum Gasteiger partial charge on any atom is 0.271 e. The molecular formula is C17H16FN3OS. The molecule has 0 saturated carbocycles. The van der Waals surface area contributed by atoms with Crippen LogP contribution in [-0.2, 0) is 19.5 Å². The predicted molar refractivity (Wildman–Crippen MR) is 89.3 cm³/mol. The summed E-state index contributed by atoms with van der Waals surface area (Å²) in [4.78, 5) is 19.4. The average Bonchev–Trinajstić information content (AvgIpc) is 2.93. The molecule has 4 rings (SSSR count). The quantitative estimate of drug-likeness (QED) is 0.725. The molecule has 1 aliphatic heterocycles. The molecule has 0 amide bonds. The van der Waals surface area contributed by atoms with E-state index in [0.29, 0.717) is 25.1 Å². The zero-order valence-corrected chi connectivity index (χ0v) is 13.4. The summed E-state index contributed by atoms with van der Waals surface area (Å²) in [6.45, 7) is 2.66. The average molecular weight is 329 g/mol. The van der Waals surface area contributed by atoms with Crippen molar-refractivity contribution in [3.05, 3.63) is 63.3 Å². The molecule has 0 radical (unpaired) electrons. The van der Waals surface area contributed by atoms with Crippen molar-refractivity contribution >= 4 is 21.6 Å². The SMILES string of the molecule is O=c1c2sccc2nc2n1CCN(Cc1ccccc1F)CC2. The van der Waals surface area contributed by atoms with E-state index < -0.39 is 0 Å². The van der Waals surface area contributed by atoms with E-state index in [0.717, 1.165) is 29.1 Å². The number of hydrogen-bond acceptors (Lipinski definition) is 4. The Morgan fingerprint density at radius 2 is 2.04 bits per heavy atom. The molecule has 23 heavy (non-hydrogen) atoms. The van der Waals surface area contributed by atoms with Crippen LogP contribution in [0.15, 0.2) is 40.5 Å². The third kappa shape index (κ3) is 2.68. The van der Waals surface area contributed by atoms with E-state index >= 15 is 0 Å². The minimum Gasteiger partial charge on any atom is -0.297 e. The molecule has 4 nitrogen and oxygen atoms in total. The highest BCUT2D eigenvalue weighted by Gasteiger charge is 2.18. The van der Waals surface area contributed by atoms with E-state index in [2.05, 4.69) is 9.88 Å². The third-order valence-electron chi connectivity index (χ3n) is 4.29. The van der Waals surface area contributed by atoms with Crippen LogP contribution >= 0.6 is 11.3 Å². The van der Waals surface area contributed by atoms with Crippen LogP contribution in [-0.4, -0.2) is 27.5 Å². The lowest BCUT2D eigenvalue weighted by molar-refractivity contribution is 0.267. The van der Waals surface area contributed by atoms with Gasteiger partial charge < -0.3 is 0 Å². The highest BCUT2D eigenvalue weighted by atomic mass is 32.1. The Morgan fingerprint density at radius 1 is 1.17 bits per heavy atom. The lowest BCUT2D eigenvalue weighted by Crippen LogP contribution is -2.28. The van der Waals surface area contributed by atoms with Crippen molar-refractivity contribution < 1.29 is 4.39 Å². The van der Waals surface area contributed by atoms with Crippen LogP contribution in [0.25, 0.3) is 10.2 Å². The molecule has 6 heteroatoms. The molecule has 0 bridgehead atoms. The molecule has 118 valence electrons. The molecule has 0 spiro atoms. The van der Waals surface area contributed by atoms with Gasteiger partial charge >= 0.3 is 0 Å². The number of rotatable bonds is 2. The second kappa shape index (κ2) is 5.86. The molecule has 0 atom stereocenters. The van der Waals surface area contributed by atoms with Crippen LogP contribution in [0.5, 0.6) is 0 Å². The van der Waals surface area contributed by atoms with Crippen LogP contribution in [0.4, 0.5) is 4.39 Å². The first-order chi connectivity index (χ1) is 11.2. The summed E-state index contributed by atoms with van der Waals surface area (Å²) in [6, 6.07) is 8.75. The number of fused-ring (bicyclic) bond motifs is 2. The van der Waals surface area contributed by atoms with E-state index in [4.69, 9.17) is 0 Å². The number of nitrogens with zero attached hydrogens (tertiary/aromatic N) is 3. The lowest BCUT2D eigenvalue weighted by atomic mass is 10.2. The van der Waals surface area contributed by atoms with Gasteiger partial charge in [0.15, 0.2) is 0 Å². The van der Waals surface area contributed by atoms with Crippen molar-refractivity contribution in [2.24, 2.45) is 0 Å². The Labute approximate surface area is 136 Å². The van der Waals surface area contributed by atoms with Crippen LogP contribution in [0, 0.1) is 5.82 Å². The normalized spacial score (nSPS) is 15.5. The second-order valence-electron chi connectivity index (χ2n) is 5.74. The summed E-state index contributed by atoms with van der Waals surface area (Å²) in [6.07, 6.45) is 0.704. The van der Waals surface area contributed by atoms with Gasteiger partial charge in [-0.3, -0.25) is 14.3 Å². The van der Waals surface area contributed by atoms with Gasteiger partial charge in [0.1, 0.15) is 16.3 Å². The van der Waals surface area contributed by atoms with Gasteiger partial charge in [0.25, 0.3) is 5.56 Å². The monoisotopic (exact) mass is 329 g/mol. The van der Waals surface area contributed by atoms with Gasteiger partial charge in [-0.25, -0.2) is 9.37 Å². The minimum absolute atomic E-state index is 0.0488. The summed E-state index contributed by atoms with van der Waals surface area (Å²) < 4.78 is 16.3. The summed E-state index contributed by atoms with van der Waals surface area (Å²) in [5, 5.41) is 1.91. The molecule has 3 aromatic rings. The zero-order chi connectivity index (χ0) is 15.8. The number of thiophene rings is 1. The highest BCUT2D eigenvalue weighted by molar-refractivity contribution is 7.17. The first-order valence-electron chi connectivity index (χ1n) is 7.65. The van der Waals surface area contributed by atoms with Crippen LogP contribution in [0.1, 0.15) is 11.4 Å². The largest absolute Gasteiger partial charge is 0.297 e. The van der Waals surface area contributed by atoms with Crippen LogP contribution < -0.4 is 5.56 Å². The standard InChI is InChI=1S/C17H16FN3OS/c18-13-4-2-1-3-12(13)11-20-7-5-15-19-14-6-10-23-16(14)17(22)21(15)9-8-20/h1-4,6,10H,5,7-9,11H2. The minimum atomic E-state index is -0.176. The fourth-order valence-electron chi connectivity index (χ4n) is 3.05. The van der Waals surface area contributed by atoms with Crippen molar-refractivity contribution in [2.45, 2.75) is 19.5 Å². The predicted octanol–water partition coefficient (Wildman–Crippen LogP) is 2.66. The first-order valence-corrected chi connectivity index (χ1v) is 8.53. The third-order valence-corrected chi connectivity index (χ3v) is 5.18. The van der Waals surface area contributed by atoms with Gasteiger partial charge in [-0.05, 0) is 17.5 Å². The molecule has 0 fully saturated rings. The molecule has 1 aliphatic rings. The Morgan fingerprint density at radius 3 is 2.91 bits per heavy atom. The Kier molecular flexibility index (Phi) is 3.71. The molecule has 0 saturated heterocycles. The van der Waals surface area contributed by atoms with E-state index in [1.807, 2.05) is 23.6 Å². The van der Waals surface area contributed by atoms with Crippen molar-refractivity contribution in [1.82, 2.24) is 14.5 Å². The molecule has 1 aromatic carbocycles. The fraction of sp³-hybridized carbons (Fsp3) is 0.294. The summed E-state index contributed by atoms with van der Waals surface area (Å²) in [5.74, 6) is 0.655. The number of halogens is 1. The van der Waals surface area contributed by atoms with Crippen LogP contribution in [0.2, 0.25) is 0 Å². The smallest absolute Gasteiger partial charge is 0.271 e. The maximum atomic E-state index is 13.8. The van der Waals surface area contributed by atoms with E-state index in [1.54, 1.807) is 10.6 Å². The Balaban J connectivity index is 1.60. The van der Waals surface area contributed by atoms with Gasteiger partial charge in [0.2, 0.25) is 0 Å². The number of hydrogen-bond donors (Lipinski definition) is 0. The fourth-order valence-corrected chi connectivity index (χ4v) is 3.83. The van der Waals surface area contributed by atoms with Crippen molar-refractivity contribution in [3.63, 3.8) is 0 Å². The van der Waals surface area contributed by atoms with Crippen molar-refractivity contribution in [3.8, 4) is 0 Å². The van der Waals surface area contributed by atoms with Crippen LogP contribution in [0.3, 0.4) is 0 Å². The van der Waals surface area contributed by atoms with Crippen molar-refractivity contribution in [1.29, 1.82) is 0 Å². The van der Waals surface area contributed by atoms with Gasteiger partial charge in [0, 0.05) is 38.2 Å². The summed E-state index contributed by atoms with van der Waals surface area (Å²) in [5.41, 5.74) is 1.53. The number of benzene rings is 1. The van der Waals surface area contributed by atoms with E-state index in [9.17, 15) is 9.18 Å². The van der Waals surface area contributed by atoms with E-state index in [1.165, 1.54) is 17.4 Å². The van der Waals surface area contributed by atoms with Gasteiger partial charge in [-0.15, -0.1) is 11.3 Å². The number of aromatic nitrogens is 2. The highest BCUT2D eigenvalue weighted by Crippen LogP contribution is 2.17. The maximum absolute atomic E-state index is 13.8. The molecule has 0 N–H and O–H groups in total. The summed E-state index contributed by atoms with van der Waals surface area (Å²) >= 11 is 1.44. The molecule has 0 unspecified atom stereocenters. The Bertz CT molecular complexity index is 918. The molecule has 0 aliphatic carbocycles. The van der Waals surface area contributed by atoms with Gasteiger partial charge in [0.05, 0.1) is 5.52 Å². The zero-order valence-electron chi connectivity index (χ0n) is 12.5.